The number of rotatable bonds is 4. The normalized spacial score (nSPS) is 14.6. The topological polar surface area (TPSA) is 91.1 Å². The molecule has 1 aliphatic heterocycles. The van der Waals surface area contributed by atoms with Gasteiger partial charge in [-0.2, -0.15) is 0 Å². The fourth-order valence-corrected chi connectivity index (χ4v) is 3.61. The van der Waals surface area contributed by atoms with Gasteiger partial charge in [-0.1, -0.05) is 18.2 Å². The van der Waals surface area contributed by atoms with Crippen molar-refractivity contribution in [1.82, 2.24) is 19.5 Å². The van der Waals surface area contributed by atoms with Gasteiger partial charge in [-0.05, 0) is 30.7 Å². The summed E-state index contributed by atoms with van der Waals surface area (Å²) in [5.41, 5.74) is 3.42. The van der Waals surface area contributed by atoms with E-state index >= 15 is 0 Å². The van der Waals surface area contributed by atoms with Gasteiger partial charge in [0.25, 0.3) is 0 Å². The van der Waals surface area contributed by atoms with E-state index in [9.17, 15) is 19.4 Å². The predicted octanol–water partition coefficient (Wildman–Crippen LogP) is 2.78. The molecule has 2 N–H and O–H groups in total. The molecular weight excluding hydrogens is 403 g/mol. The number of aromatic hydroxyl groups is 2. The summed E-state index contributed by atoms with van der Waals surface area (Å²) in [5, 5.41) is 19.2. The molecule has 0 unspecified atom stereocenters. The van der Waals surface area contributed by atoms with Crippen molar-refractivity contribution in [2.24, 2.45) is 0 Å². The van der Waals surface area contributed by atoms with E-state index in [-0.39, 0.29) is 17.6 Å². The smallest absolute Gasteiger partial charge is 0.434 e. The Morgan fingerprint density at radius 2 is 1.77 bits per heavy atom. The Morgan fingerprint density at radius 3 is 2.42 bits per heavy atom. The first-order valence-electron chi connectivity index (χ1n) is 9.92. The van der Waals surface area contributed by atoms with Crippen molar-refractivity contribution in [2.75, 3.05) is 26.2 Å². The molecule has 8 nitrogen and oxygen atoms in total. The summed E-state index contributed by atoms with van der Waals surface area (Å²) in [6.45, 7) is 4.69. The van der Waals surface area contributed by atoms with Gasteiger partial charge in [-0.3, -0.25) is 9.88 Å². The quantitative estimate of drug-likeness (QED) is 0.667. The molecule has 162 valence electrons. The highest BCUT2D eigenvalue weighted by atomic mass is 19.1. The van der Waals surface area contributed by atoms with Gasteiger partial charge in [-0.25, -0.2) is 9.18 Å². The Balaban J connectivity index is 1.33. The molecule has 9 heteroatoms. The Labute approximate surface area is 178 Å². The first-order chi connectivity index (χ1) is 14.9. The molecule has 0 spiro atoms. The molecule has 4 rings (SSSR count). The summed E-state index contributed by atoms with van der Waals surface area (Å²) in [7, 11) is 0. The number of aromatic nitrogens is 2. The van der Waals surface area contributed by atoms with Crippen molar-refractivity contribution in [1.29, 1.82) is 0 Å². The molecule has 1 fully saturated rings. The number of nitrogens with zero attached hydrogens (tertiary/aromatic N) is 4. The minimum Gasteiger partial charge on any atom is -0.492 e. The van der Waals surface area contributed by atoms with Gasteiger partial charge in [0, 0.05) is 56.1 Å². The number of aryl methyl sites for hydroxylation is 1. The number of halogens is 1. The molecule has 3 aromatic rings. The number of carbonyl (C=O) groups excluding carboxylic acids is 1. The number of benzene rings is 1. The third-order valence-corrected chi connectivity index (χ3v) is 5.26. The largest absolute Gasteiger partial charge is 0.492 e. The summed E-state index contributed by atoms with van der Waals surface area (Å²) in [4.78, 5) is 25.7. The van der Waals surface area contributed by atoms with Crippen LogP contribution in [0.4, 0.5) is 9.18 Å². The second-order valence-corrected chi connectivity index (χ2v) is 7.41. The average Bonchev–Trinajstić information content (AvgIpc) is 3.06. The molecular formula is C22H23FN4O4. The average molecular weight is 426 g/mol. The van der Waals surface area contributed by atoms with Gasteiger partial charge in [0.2, 0.25) is 11.8 Å². The van der Waals surface area contributed by atoms with E-state index in [1.807, 2.05) is 25.1 Å². The van der Waals surface area contributed by atoms with E-state index in [1.165, 1.54) is 29.2 Å². The summed E-state index contributed by atoms with van der Waals surface area (Å²) in [6, 6.07) is 12.8. The van der Waals surface area contributed by atoms with Crippen LogP contribution in [0.3, 0.4) is 0 Å². The number of hydrogen-bond donors (Lipinski definition) is 2. The van der Waals surface area contributed by atoms with Gasteiger partial charge >= 0.3 is 6.09 Å². The molecule has 2 aromatic heterocycles. The lowest BCUT2D eigenvalue weighted by Crippen LogP contribution is -2.50. The van der Waals surface area contributed by atoms with Gasteiger partial charge in [-0.15, -0.1) is 4.73 Å². The van der Waals surface area contributed by atoms with Crippen molar-refractivity contribution in [3.63, 3.8) is 0 Å². The first-order valence-corrected chi connectivity index (χ1v) is 9.92. The highest BCUT2D eigenvalue weighted by Crippen LogP contribution is 2.24. The molecule has 0 radical (unpaired) electrons. The van der Waals surface area contributed by atoms with Crippen molar-refractivity contribution in [3.8, 4) is 22.9 Å². The van der Waals surface area contributed by atoms with Crippen LogP contribution < -0.4 is 4.84 Å². The molecule has 0 bridgehead atoms. The minimum absolute atomic E-state index is 0.278. The van der Waals surface area contributed by atoms with Crippen LogP contribution in [0.25, 0.3) is 11.1 Å². The van der Waals surface area contributed by atoms with E-state index in [2.05, 4.69) is 9.88 Å². The molecule has 31 heavy (non-hydrogen) atoms. The Hall–Kier alpha value is -3.59. The molecule has 0 aliphatic carbocycles. The van der Waals surface area contributed by atoms with Gasteiger partial charge in [0.15, 0.2) is 0 Å². The highest BCUT2D eigenvalue weighted by molar-refractivity contribution is 5.68. The predicted molar refractivity (Wildman–Crippen MR) is 111 cm³/mol. The third kappa shape index (κ3) is 4.61. The SMILES string of the molecule is Cc1nc(CN2CCN(C(=O)On3c(O)ccc3O)CC2)ccc1-c1cccc(F)c1. The Bertz CT molecular complexity index is 1070. The number of pyridine rings is 1. The number of amides is 1. The maximum Gasteiger partial charge on any atom is 0.434 e. The second kappa shape index (κ2) is 8.65. The molecule has 3 heterocycles. The third-order valence-electron chi connectivity index (χ3n) is 5.26. The van der Waals surface area contributed by atoms with E-state index in [0.29, 0.717) is 37.5 Å². The second-order valence-electron chi connectivity index (χ2n) is 7.41. The molecule has 1 aromatic carbocycles. The standard InChI is InChI=1S/C22H23FN4O4/c1-15-19(16-3-2-4-17(23)13-16)6-5-18(24-15)14-25-9-11-26(12-10-25)22(30)31-27-20(28)7-8-21(27)29/h2-8,13,28-29H,9-12,14H2,1H3. The minimum atomic E-state index is -0.644. The van der Waals surface area contributed by atoms with E-state index in [1.54, 1.807) is 6.07 Å². The molecule has 0 saturated carbocycles. The van der Waals surface area contributed by atoms with Gasteiger partial charge in [0.1, 0.15) is 5.82 Å². The zero-order valence-electron chi connectivity index (χ0n) is 17.0. The monoisotopic (exact) mass is 426 g/mol. The molecule has 1 amide bonds. The van der Waals surface area contributed by atoms with Crippen LogP contribution in [-0.2, 0) is 6.54 Å². The zero-order chi connectivity index (χ0) is 22.0. The van der Waals surface area contributed by atoms with Crippen LogP contribution in [0, 0.1) is 12.7 Å². The van der Waals surface area contributed by atoms with Gasteiger partial charge in [0.05, 0.1) is 5.69 Å². The zero-order valence-corrected chi connectivity index (χ0v) is 17.0. The number of carbonyl (C=O) groups is 1. The maximum absolute atomic E-state index is 13.5. The van der Waals surface area contributed by atoms with Crippen LogP contribution in [0.1, 0.15) is 11.4 Å². The Kier molecular flexibility index (Phi) is 5.77. The van der Waals surface area contributed by atoms with Crippen LogP contribution >= 0.6 is 0 Å². The number of piperazine rings is 1. The van der Waals surface area contributed by atoms with Crippen LogP contribution in [0.5, 0.6) is 11.8 Å². The summed E-state index contributed by atoms with van der Waals surface area (Å²) < 4.78 is 14.2. The van der Waals surface area contributed by atoms with Crippen LogP contribution in [0.15, 0.2) is 48.5 Å². The van der Waals surface area contributed by atoms with Crippen molar-refractivity contribution >= 4 is 6.09 Å². The summed E-state index contributed by atoms with van der Waals surface area (Å²) in [6.07, 6.45) is -0.644. The molecule has 0 atom stereocenters. The fraction of sp³-hybridized carbons (Fsp3) is 0.273. The lowest BCUT2D eigenvalue weighted by Gasteiger charge is -2.33. The first kappa shape index (κ1) is 20.7. The Morgan fingerprint density at radius 1 is 1.06 bits per heavy atom. The van der Waals surface area contributed by atoms with Crippen LogP contribution in [0.2, 0.25) is 0 Å². The van der Waals surface area contributed by atoms with Crippen molar-refractivity contribution < 1.29 is 24.2 Å². The molecule has 1 saturated heterocycles. The summed E-state index contributed by atoms with van der Waals surface area (Å²) >= 11 is 0. The fourth-order valence-electron chi connectivity index (χ4n) is 3.61. The maximum atomic E-state index is 13.5. The van der Waals surface area contributed by atoms with Crippen molar-refractivity contribution in [2.45, 2.75) is 13.5 Å². The van der Waals surface area contributed by atoms with E-state index < -0.39 is 6.09 Å². The van der Waals surface area contributed by atoms with E-state index in [0.717, 1.165) is 22.5 Å². The van der Waals surface area contributed by atoms with Crippen LogP contribution in [-0.4, -0.2) is 62.0 Å². The van der Waals surface area contributed by atoms with Crippen molar-refractivity contribution in [3.05, 3.63) is 65.7 Å². The number of hydrogen-bond acceptors (Lipinski definition) is 6. The molecule has 1 aliphatic rings. The van der Waals surface area contributed by atoms with Gasteiger partial charge < -0.3 is 20.0 Å². The highest BCUT2D eigenvalue weighted by Gasteiger charge is 2.24. The lowest BCUT2D eigenvalue weighted by atomic mass is 10.0. The lowest BCUT2D eigenvalue weighted by molar-refractivity contribution is 0.0553. The van der Waals surface area contributed by atoms with E-state index in [4.69, 9.17) is 4.84 Å². The summed E-state index contributed by atoms with van der Waals surface area (Å²) in [5.74, 6) is -0.986.